The molecule has 70 valence electrons. The second-order valence-electron chi connectivity index (χ2n) is 3.73. The minimum Gasteiger partial charge on any atom is -0.374 e. The fourth-order valence-electron chi connectivity index (χ4n) is 1.97. The molecule has 1 aliphatic rings. The standard InChI is InChI=1S/C11H16N2/c1-13-8-4-6-10(12)9-5-2-3-7-11(9)13/h2-3,5,7,10H,4,6,8,12H2,1H3/t10-/m1/s1. The van der Waals surface area contributed by atoms with Gasteiger partial charge in [-0.1, -0.05) is 18.2 Å². The predicted octanol–water partition coefficient (Wildman–Crippen LogP) is 1.92. The van der Waals surface area contributed by atoms with Gasteiger partial charge >= 0.3 is 0 Å². The third kappa shape index (κ3) is 1.54. The van der Waals surface area contributed by atoms with Gasteiger partial charge in [-0.15, -0.1) is 0 Å². The maximum absolute atomic E-state index is 6.08. The Kier molecular flexibility index (Phi) is 2.23. The van der Waals surface area contributed by atoms with E-state index in [0.717, 1.165) is 13.0 Å². The Bertz CT molecular complexity index is 267. The van der Waals surface area contributed by atoms with E-state index in [-0.39, 0.29) is 6.04 Å². The number of hydrogen-bond acceptors (Lipinski definition) is 2. The van der Waals surface area contributed by atoms with Crippen LogP contribution in [0.15, 0.2) is 24.3 Å². The van der Waals surface area contributed by atoms with Gasteiger partial charge in [0.2, 0.25) is 0 Å². The van der Waals surface area contributed by atoms with E-state index in [4.69, 9.17) is 5.73 Å². The van der Waals surface area contributed by atoms with Gasteiger partial charge in [-0.05, 0) is 24.5 Å². The molecule has 0 unspecified atom stereocenters. The van der Waals surface area contributed by atoms with E-state index in [1.54, 1.807) is 0 Å². The topological polar surface area (TPSA) is 29.3 Å². The molecule has 0 saturated carbocycles. The van der Waals surface area contributed by atoms with E-state index in [0.29, 0.717) is 0 Å². The number of nitrogens with two attached hydrogens (primary N) is 1. The molecule has 2 heteroatoms. The molecule has 1 aromatic rings. The molecule has 1 aliphatic heterocycles. The Morgan fingerprint density at radius 1 is 1.38 bits per heavy atom. The lowest BCUT2D eigenvalue weighted by Gasteiger charge is -2.19. The van der Waals surface area contributed by atoms with Gasteiger partial charge in [-0.2, -0.15) is 0 Å². The molecule has 2 nitrogen and oxygen atoms in total. The van der Waals surface area contributed by atoms with Crippen LogP contribution in [0.25, 0.3) is 0 Å². The molecule has 0 fully saturated rings. The number of nitrogens with zero attached hydrogens (tertiary/aromatic N) is 1. The highest BCUT2D eigenvalue weighted by Crippen LogP contribution is 2.29. The summed E-state index contributed by atoms with van der Waals surface area (Å²) in [4.78, 5) is 2.29. The molecule has 0 spiro atoms. The normalized spacial score (nSPS) is 22.3. The van der Waals surface area contributed by atoms with Gasteiger partial charge in [0.15, 0.2) is 0 Å². The van der Waals surface area contributed by atoms with Crippen LogP contribution in [0.2, 0.25) is 0 Å². The smallest absolute Gasteiger partial charge is 0.0412 e. The summed E-state index contributed by atoms with van der Waals surface area (Å²) in [6.45, 7) is 1.12. The second kappa shape index (κ2) is 3.38. The minimum atomic E-state index is 0.223. The third-order valence-corrected chi connectivity index (χ3v) is 2.76. The quantitative estimate of drug-likeness (QED) is 0.654. The first-order valence-electron chi connectivity index (χ1n) is 4.84. The first-order chi connectivity index (χ1) is 6.29. The molecule has 13 heavy (non-hydrogen) atoms. The molecule has 0 saturated heterocycles. The van der Waals surface area contributed by atoms with Gasteiger partial charge in [0, 0.05) is 25.3 Å². The Balaban J connectivity index is 2.45. The highest BCUT2D eigenvalue weighted by Gasteiger charge is 2.16. The Morgan fingerprint density at radius 3 is 3.00 bits per heavy atom. The lowest BCUT2D eigenvalue weighted by atomic mass is 10.0. The van der Waals surface area contributed by atoms with Crippen LogP contribution in [0, 0.1) is 0 Å². The maximum atomic E-state index is 6.08. The van der Waals surface area contributed by atoms with Crippen molar-refractivity contribution in [2.24, 2.45) is 5.73 Å². The van der Waals surface area contributed by atoms with Crippen LogP contribution in [0.1, 0.15) is 24.4 Å². The molecule has 0 bridgehead atoms. The van der Waals surface area contributed by atoms with Crippen LogP contribution in [-0.2, 0) is 0 Å². The van der Waals surface area contributed by atoms with Crippen LogP contribution in [0.3, 0.4) is 0 Å². The molecular weight excluding hydrogens is 160 g/mol. The van der Waals surface area contributed by atoms with Crippen molar-refractivity contribution in [2.45, 2.75) is 18.9 Å². The maximum Gasteiger partial charge on any atom is 0.0412 e. The lowest BCUT2D eigenvalue weighted by Crippen LogP contribution is -2.17. The fourth-order valence-corrected chi connectivity index (χ4v) is 1.97. The van der Waals surface area contributed by atoms with E-state index in [2.05, 4.69) is 36.2 Å². The summed E-state index contributed by atoms with van der Waals surface area (Å²) in [6, 6.07) is 8.66. The molecular formula is C11H16N2. The average molecular weight is 176 g/mol. The molecule has 1 atom stereocenters. The van der Waals surface area contributed by atoms with Crippen molar-refractivity contribution in [2.75, 3.05) is 18.5 Å². The summed E-state index contributed by atoms with van der Waals surface area (Å²) in [5.41, 5.74) is 8.67. The minimum absolute atomic E-state index is 0.223. The van der Waals surface area contributed by atoms with Crippen LogP contribution in [0.5, 0.6) is 0 Å². The second-order valence-corrected chi connectivity index (χ2v) is 3.73. The fraction of sp³-hybridized carbons (Fsp3) is 0.455. The molecule has 2 N–H and O–H groups in total. The highest BCUT2D eigenvalue weighted by molar-refractivity contribution is 5.55. The number of anilines is 1. The average Bonchev–Trinajstić information content (AvgIpc) is 2.29. The lowest BCUT2D eigenvalue weighted by molar-refractivity contribution is 0.633. The molecule has 0 amide bonds. The number of fused-ring (bicyclic) bond motifs is 1. The molecule has 0 aliphatic carbocycles. The molecule has 2 rings (SSSR count). The third-order valence-electron chi connectivity index (χ3n) is 2.76. The monoisotopic (exact) mass is 176 g/mol. The van der Waals surface area contributed by atoms with Gasteiger partial charge in [-0.25, -0.2) is 0 Å². The zero-order valence-electron chi connectivity index (χ0n) is 8.03. The summed E-state index contributed by atoms with van der Waals surface area (Å²) in [5.74, 6) is 0. The van der Waals surface area contributed by atoms with Crippen molar-refractivity contribution in [1.29, 1.82) is 0 Å². The van der Waals surface area contributed by atoms with Crippen LogP contribution >= 0.6 is 0 Å². The summed E-state index contributed by atoms with van der Waals surface area (Å²) < 4.78 is 0. The van der Waals surface area contributed by atoms with E-state index >= 15 is 0 Å². The van der Waals surface area contributed by atoms with E-state index in [1.165, 1.54) is 17.7 Å². The van der Waals surface area contributed by atoms with Gasteiger partial charge in [-0.3, -0.25) is 0 Å². The Hall–Kier alpha value is -1.02. The van der Waals surface area contributed by atoms with E-state index in [9.17, 15) is 0 Å². The number of benzene rings is 1. The van der Waals surface area contributed by atoms with Crippen LogP contribution < -0.4 is 10.6 Å². The van der Waals surface area contributed by atoms with E-state index in [1.807, 2.05) is 0 Å². The van der Waals surface area contributed by atoms with Crippen molar-refractivity contribution in [3.05, 3.63) is 29.8 Å². The highest BCUT2D eigenvalue weighted by atomic mass is 15.1. The first-order valence-corrected chi connectivity index (χ1v) is 4.84. The van der Waals surface area contributed by atoms with Crippen molar-refractivity contribution in [3.63, 3.8) is 0 Å². The number of hydrogen-bond donors (Lipinski definition) is 1. The van der Waals surface area contributed by atoms with Gasteiger partial charge in [0.05, 0.1) is 0 Å². The van der Waals surface area contributed by atoms with Crippen molar-refractivity contribution in [3.8, 4) is 0 Å². The zero-order valence-corrected chi connectivity index (χ0v) is 8.03. The summed E-state index contributed by atoms with van der Waals surface area (Å²) in [6.07, 6.45) is 2.29. The Labute approximate surface area is 79.4 Å². The van der Waals surface area contributed by atoms with Crippen molar-refractivity contribution < 1.29 is 0 Å². The van der Waals surface area contributed by atoms with Crippen molar-refractivity contribution in [1.82, 2.24) is 0 Å². The molecule has 1 heterocycles. The number of para-hydroxylation sites is 1. The summed E-state index contributed by atoms with van der Waals surface area (Å²) in [5, 5.41) is 0. The molecule has 1 aromatic carbocycles. The predicted molar refractivity (Wildman–Crippen MR) is 55.9 cm³/mol. The molecule has 0 radical (unpaired) electrons. The van der Waals surface area contributed by atoms with Gasteiger partial charge in [0.25, 0.3) is 0 Å². The van der Waals surface area contributed by atoms with Crippen molar-refractivity contribution >= 4 is 5.69 Å². The van der Waals surface area contributed by atoms with Gasteiger partial charge < -0.3 is 10.6 Å². The first kappa shape index (κ1) is 8.57. The van der Waals surface area contributed by atoms with Gasteiger partial charge in [0.1, 0.15) is 0 Å². The van der Waals surface area contributed by atoms with Crippen LogP contribution in [-0.4, -0.2) is 13.6 Å². The summed E-state index contributed by atoms with van der Waals surface area (Å²) >= 11 is 0. The largest absolute Gasteiger partial charge is 0.374 e. The Morgan fingerprint density at radius 2 is 2.15 bits per heavy atom. The number of rotatable bonds is 0. The SMILES string of the molecule is CN1CCC[C@@H](N)c2ccccc21. The van der Waals surface area contributed by atoms with Crippen LogP contribution in [0.4, 0.5) is 5.69 Å². The molecule has 0 aromatic heterocycles. The zero-order chi connectivity index (χ0) is 9.26. The summed E-state index contributed by atoms with van der Waals surface area (Å²) in [7, 11) is 2.14. The van der Waals surface area contributed by atoms with E-state index < -0.39 is 0 Å².